The van der Waals surface area contributed by atoms with E-state index in [1.807, 2.05) is 0 Å². The predicted octanol–water partition coefficient (Wildman–Crippen LogP) is -2.26. The molecule has 0 aromatic rings. The van der Waals surface area contributed by atoms with Crippen LogP contribution < -0.4 is 0 Å². The number of carbonyl (C=O) groups is 1. The molecule has 0 heterocycles. The largest absolute Gasteiger partial charge is 0.503 e. The van der Waals surface area contributed by atoms with E-state index in [4.69, 9.17) is 32.5 Å². The molecule has 10 heteroatoms. The van der Waals surface area contributed by atoms with Gasteiger partial charge in [-0.15, -0.1) is 0 Å². The Bertz CT molecular complexity index is 159. The smallest absolute Gasteiger partial charge is 0.450 e. The molecule has 0 bridgehead atoms. The lowest BCUT2D eigenvalue weighted by Gasteiger charge is -1.68. The Morgan fingerprint density at radius 3 is 1.00 bits per heavy atom. The van der Waals surface area contributed by atoms with Gasteiger partial charge in [0.1, 0.15) is 0 Å². The molecule has 7 nitrogen and oxygen atoms in total. The normalized spacial score (nSPS) is 7.45. The van der Waals surface area contributed by atoms with Gasteiger partial charge in [-0.3, -0.25) is 9.11 Å². The van der Waals surface area contributed by atoms with Gasteiger partial charge in [-0.05, 0) is 0 Å². The third kappa shape index (κ3) is 1780. The molecule has 0 aliphatic rings. The van der Waals surface area contributed by atoms with Crippen LogP contribution >= 0.6 is 0 Å². The van der Waals surface area contributed by atoms with Gasteiger partial charge < -0.3 is 10.2 Å². The molecule has 0 radical (unpaired) electrons. The molecule has 4 N–H and O–H groups in total. The van der Waals surface area contributed by atoms with E-state index in [2.05, 4.69) is 0 Å². The molecule has 0 spiro atoms. The second-order valence-electron chi connectivity index (χ2n) is 0.730. The maximum absolute atomic E-state index is 8.74. The average Bonchev–Trinajstić information content (AvgIpc) is 1.19. The highest BCUT2D eigenvalue weighted by Crippen LogP contribution is 1.59. The number of rotatable bonds is 0. The molecule has 0 rings (SSSR count). The van der Waals surface area contributed by atoms with E-state index in [-0.39, 0.29) is 46.1 Å². The van der Waals surface area contributed by atoms with Crippen molar-refractivity contribution in [3.8, 4) is 0 Å². The first kappa shape index (κ1) is 22.6. The van der Waals surface area contributed by atoms with Crippen LogP contribution in [-0.4, -0.2) is 80.0 Å². The molecule has 64 valence electrons. The number of hydrogen-bond acceptors (Lipinski definition) is 3. The van der Waals surface area contributed by atoms with Gasteiger partial charge in [-0.1, -0.05) is 0 Å². The van der Waals surface area contributed by atoms with Crippen LogP contribution in [-0.2, 0) is 10.4 Å². The molecule has 0 fully saturated rings. The van der Waals surface area contributed by atoms with Crippen molar-refractivity contribution in [2.45, 2.75) is 0 Å². The zero-order valence-corrected chi connectivity index (χ0v) is 4.74. The Kier molecular flexibility index (Phi) is 21.9. The average molecular weight is 213 g/mol. The minimum atomic E-state index is -4.67. The first-order valence-electron chi connectivity index (χ1n) is 1.35. The van der Waals surface area contributed by atoms with Crippen molar-refractivity contribution in [1.82, 2.24) is 0 Å². The molecule has 0 aliphatic heterocycles. The monoisotopic (exact) mass is 212 g/mol. The molecule has 0 unspecified atom stereocenters. The summed E-state index contributed by atoms with van der Waals surface area (Å²) in [6, 6.07) is 0. The second kappa shape index (κ2) is 10.7. The predicted molar refractivity (Wildman–Crippen MR) is 41.9 cm³/mol. The maximum atomic E-state index is 8.74. The van der Waals surface area contributed by atoms with Crippen molar-refractivity contribution in [2.75, 3.05) is 0 Å². The standard InChI is InChI=1S/CH2O3.2Mg.H2O4S.4H/c2-1(3)4;;;1-5(2,3)4;;;;/h(H2,2,3,4);;;(H2,1,2,3,4);;;;. The summed E-state index contributed by atoms with van der Waals surface area (Å²) in [6.45, 7) is 0. The Morgan fingerprint density at radius 1 is 1.00 bits per heavy atom. The van der Waals surface area contributed by atoms with Gasteiger partial charge in [0.25, 0.3) is 0 Å². The Morgan fingerprint density at radius 2 is 1.00 bits per heavy atom. The van der Waals surface area contributed by atoms with Crippen molar-refractivity contribution in [2.24, 2.45) is 0 Å². The summed E-state index contributed by atoms with van der Waals surface area (Å²) in [7, 11) is -4.67. The lowest BCUT2D eigenvalue weighted by Crippen LogP contribution is -1.89. The Balaban J connectivity index is -0.0000000383. The van der Waals surface area contributed by atoms with Crippen molar-refractivity contribution in [1.29, 1.82) is 0 Å². The highest BCUT2D eigenvalue weighted by molar-refractivity contribution is 7.79. The Hall–Kier alpha value is 0.672. The van der Waals surface area contributed by atoms with E-state index in [0.717, 1.165) is 0 Å². The molecule has 11 heavy (non-hydrogen) atoms. The number of hydrogen-bond donors (Lipinski definition) is 4. The van der Waals surface area contributed by atoms with Crippen LogP contribution in [0.5, 0.6) is 0 Å². The fourth-order valence-electron chi connectivity index (χ4n) is 0. The third-order valence-corrected chi connectivity index (χ3v) is 0. The van der Waals surface area contributed by atoms with Gasteiger partial charge in [0.2, 0.25) is 0 Å². The fraction of sp³-hybridized carbons (Fsp3) is 0. The second-order valence-corrected chi connectivity index (χ2v) is 1.63. The van der Waals surface area contributed by atoms with Crippen molar-refractivity contribution >= 4 is 62.7 Å². The van der Waals surface area contributed by atoms with Gasteiger partial charge in [0.05, 0.1) is 0 Å². The minimum absolute atomic E-state index is 0. The summed E-state index contributed by atoms with van der Waals surface area (Å²) in [4.78, 5) is 8.56. The van der Waals surface area contributed by atoms with Crippen molar-refractivity contribution in [3.05, 3.63) is 0 Å². The first-order valence-corrected chi connectivity index (χ1v) is 2.75. The van der Waals surface area contributed by atoms with Gasteiger partial charge >= 0.3 is 62.7 Å². The van der Waals surface area contributed by atoms with Crippen LogP contribution in [0.25, 0.3) is 0 Å². The Labute approximate surface area is 94.7 Å². The molecular weight excluding hydrogens is 205 g/mol. The molecule has 0 saturated heterocycles. The van der Waals surface area contributed by atoms with E-state index in [9.17, 15) is 0 Å². The summed E-state index contributed by atoms with van der Waals surface area (Å²) in [6.07, 6.45) is -1.83. The lowest BCUT2D eigenvalue weighted by atomic mass is 11.5. The molecule has 0 aromatic carbocycles. The summed E-state index contributed by atoms with van der Waals surface area (Å²) < 4.78 is 31.6. The van der Waals surface area contributed by atoms with Crippen molar-refractivity contribution in [3.63, 3.8) is 0 Å². The van der Waals surface area contributed by atoms with E-state index in [1.54, 1.807) is 0 Å². The van der Waals surface area contributed by atoms with Crippen LogP contribution in [0.4, 0.5) is 4.79 Å². The summed E-state index contributed by atoms with van der Waals surface area (Å²) in [5.41, 5.74) is 0. The highest BCUT2D eigenvalue weighted by Gasteiger charge is 1.84. The van der Waals surface area contributed by atoms with Crippen molar-refractivity contribution < 1.29 is 32.5 Å². The lowest BCUT2D eigenvalue weighted by molar-refractivity contribution is 0.137. The van der Waals surface area contributed by atoms with E-state index < -0.39 is 16.6 Å². The first-order chi connectivity index (χ1) is 3.73. The van der Waals surface area contributed by atoms with E-state index in [0.29, 0.717) is 0 Å². The van der Waals surface area contributed by atoms with Gasteiger partial charge in [-0.2, -0.15) is 8.42 Å². The molecule has 0 saturated carbocycles. The molecule has 0 aliphatic carbocycles. The van der Waals surface area contributed by atoms with Crippen LogP contribution in [0.3, 0.4) is 0 Å². The molecule has 0 aromatic heterocycles. The minimum Gasteiger partial charge on any atom is -0.450 e. The fourth-order valence-corrected chi connectivity index (χ4v) is 0. The van der Waals surface area contributed by atoms with Crippen LogP contribution in [0, 0.1) is 0 Å². The molecule has 0 atom stereocenters. The van der Waals surface area contributed by atoms with Gasteiger partial charge in [0.15, 0.2) is 0 Å². The zero-order valence-electron chi connectivity index (χ0n) is 3.92. The van der Waals surface area contributed by atoms with Crippen LogP contribution in [0.15, 0.2) is 0 Å². The van der Waals surface area contributed by atoms with Gasteiger partial charge in [-0.25, -0.2) is 4.79 Å². The van der Waals surface area contributed by atoms with Gasteiger partial charge in [0, 0.05) is 0 Å². The van der Waals surface area contributed by atoms with E-state index >= 15 is 0 Å². The quantitative estimate of drug-likeness (QED) is 0.263. The highest BCUT2D eigenvalue weighted by atomic mass is 32.3. The molecular formula is CH8Mg2O7S. The summed E-state index contributed by atoms with van der Waals surface area (Å²) in [5, 5.41) is 13.9. The van der Waals surface area contributed by atoms with Crippen LogP contribution in [0.2, 0.25) is 0 Å². The molecule has 0 amide bonds. The third-order valence-electron chi connectivity index (χ3n) is 0. The summed E-state index contributed by atoms with van der Waals surface area (Å²) >= 11 is 0. The topological polar surface area (TPSA) is 132 Å². The van der Waals surface area contributed by atoms with E-state index in [1.165, 1.54) is 0 Å². The maximum Gasteiger partial charge on any atom is 0.503 e. The number of carboxylic acid groups (broad SMARTS) is 2. The SMILES string of the molecule is O=C(O)O.O=S(=O)(O)O.[MgH2].[MgH2]. The van der Waals surface area contributed by atoms with Crippen LogP contribution in [0.1, 0.15) is 0 Å². The zero-order chi connectivity index (χ0) is 8.08. The summed E-state index contributed by atoms with van der Waals surface area (Å²) in [5.74, 6) is 0.